The molecule has 0 spiro atoms. The lowest BCUT2D eigenvalue weighted by atomic mass is 10.1. The van der Waals surface area contributed by atoms with Crippen LogP contribution in [0.3, 0.4) is 0 Å². The summed E-state index contributed by atoms with van der Waals surface area (Å²) < 4.78 is 5.39. The van der Waals surface area contributed by atoms with Crippen LogP contribution < -0.4 is 5.48 Å². The number of amides is 1. The second kappa shape index (κ2) is 6.25. The summed E-state index contributed by atoms with van der Waals surface area (Å²) in [5, 5.41) is 0. The van der Waals surface area contributed by atoms with Gasteiger partial charge in [0.15, 0.2) is 6.10 Å². The number of carbonyl (C=O) groups excluding carboxylic acids is 1. The Kier molecular flexibility index (Phi) is 4.95. The molecule has 4 nitrogen and oxygen atoms in total. The van der Waals surface area contributed by atoms with Crippen LogP contribution in [0.2, 0.25) is 0 Å². The highest BCUT2D eigenvalue weighted by molar-refractivity contribution is 5.81. The molecule has 4 heteroatoms. The van der Waals surface area contributed by atoms with Gasteiger partial charge in [-0.25, -0.2) is 5.48 Å². The second-order valence-electron chi connectivity index (χ2n) is 3.42. The van der Waals surface area contributed by atoms with Gasteiger partial charge in [0.1, 0.15) is 0 Å². The smallest absolute Gasteiger partial charge is 0.277 e. The molecule has 88 valence electrons. The number of hydrogen-bond acceptors (Lipinski definition) is 3. The van der Waals surface area contributed by atoms with Crippen molar-refractivity contribution in [3.8, 4) is 0 Å². The average molecular weight is 223 g/mol. The minimum atomic E-state index is -0.620. The number of carbonyl (C=O) groups is 1. The quantitative estimate of drug-likeness (QED) is 0.774. The molecule has 0 aliphatic carbocycles. The maximum Gasteiger partial charge on any atom is 0.277 e. The van der Waals surface area contributed by atoms with Gasteiger partial charge in [-0.15, -0.1) is 0 Å². The van der Waals surface area contributed by atoms with Crippen molar-refractivity contribution >= 4 is 5.91 Å². The Morgan fingerprint density at radius 1 is 1.38 bits per heavy atom. The normalized spacial score (nSPS) is 12.2. The lowest BCUT2D eigenvalue weighted by molar-refractivity contribution is -0.143. The van der Waals surface area contributed by atoms with Gasteiger partial charge in [0, 0.05) is 6.61 Å². The van der Waals surface area contributed by atoms with Crippen LogP contribution in [0.4, 0.5) is 0 Å². The van der Waals surface area contributed by atoms with Gasteiger partial charge in [-0.2, -0.15) is 0 Å². The molecule has 1 unspecified atom stereocenters. The zero-order valence-corrected chi connectivity index (χ0v) is 9.82. The molecule has 0 saturated heterocycles. The highest BCUT2D eigenvalue weighted by Crippen LogP contribution is 2.18. The van der Waals surface area contributed by atoms with E-state index in [1.54, 1.807) is 0 Å². The summed E-state index contributed by atoms with van der Waals surface area (Å²) >= 11 is 0. The topological polar surface area (TPSA) is 47.6 Å². The summed E-state index contributed by atoms with van der Waals surface area (Å²) in [6, 6.07) is 7.65. The van der Waals surface area contributed by atoms with Crippen LogP contribution in [0.25, 0.3) is 0 Å². The van der Waals surface area contributed by atoms with Crippen molar-refractivity contribution in [1.82, 2.24) is 5.48 Å². The summed E-state index contributed by atoms with van der Waals surface area (Å²) in [5.74, 6) is -0.298. The van der Waals surface area contributed by atoms with Crippen molar-refractivity contribution in [1.29, 1.82) is 0 Å². The Morgan fingerprint density at radius 3 is 2.50 bits per heavy atom. The Balaban J connectivity index is 2.84. The molecule has 1 aromatic rings. The van der Waals surface area contributed by atoms with E-state index in [1.165, 1.54) is 7.11 Å². The third kappa shape index (κ3) is 3.32. The fraction of sp³-hybridized carbons (Fsp3) is 0.417. The van der Waals surface area contributed by atoms with E-state index in [2.05, 4.69) is 10.3 Å². The maximum absolute atomic E-state index is 11.7. The molecule has 0 bridgehead atoms. The third-order valence-electron chi connectivity index (χ3n) is 2.15. The molecule has 0 heterocycles. The molecule has 1 amide bonds. The summed E-state index contributed by atoms with van der Waals surface area (Å²) in [6.07, 6.45) is -0.620. The first-order chi connectivity index (χ1) is 7.69. The van der Waals surface area contributed by atoms with Crippen LogP contribution in [-0.4, -0.2) is 19.6 Å². The molecule has 1 N–H and O–H groups in total. The third-order valence-corrected chi connectivity index (χ3v) is 2.15. The van der Waals surface area contributed by atoms with E-state index in [-0.39, 0.29) is 5.91 Å². The average Bonchev–Trinajstić information content (AvgIpc) is 2.28. The molecule has 1 aromatic carbocycles. The standard InChI is InChI=1S/C12H17NO3/c1-4-16-11(12(14)13-15-3)10-7-5-9(2)6-8-10/h5-8,11H,4H2,1-3H3,(H,13,14). The van der Waals surface area contributed by atoms with E-state index in [4.69, 9.17) is 4.74 Å². The molecule has 0 saturated carbocycles. The molecular weight excluding hydrogens is 206 g/mol. The van der Waals surface area contributed by atoms with Gasteiger partial charge in [-0.1, -0.05) is 29.8 Å². The van der Waals surface area contributed by atoms with Crippen molar-refractivity contribution in [2.24, 2.45) is 0 Å². The van der Waals surface area contributed by atoms with Crippen LogP contribution >= 0.6 is 0 Å². The van der Waals surface area contributed by atoms with Gasteiger partial charge in [0.05, 0.1) is 7.11 Å². The van der Waals surface area contributed by atoms with E-state index in [0.717, 1.165) is 11.1 Å². The lowest BCUT2D eigenvalue weighted by Gasteiger charge is -2.16. The molecule has 0 radical (unpaired) electrons. The Labute approximate surface area is 95.5 Å². The van der Waals surface area contributed by atoms with E-state index < -0.39 is 6.10 Å². The van der Waals surface area contributed by atoms with E-state index >= 15 is 0 Å². The highest BCUT2D eigenvalue weighted by atomic mass is 16.6. The number of rotatable bonds is 5. The Morgan fingerprint density at radius 2 is 2.00 bits per heavy atom. The number of hydrogen-bond donors (Lipinski definition) is 1. The molecule has 0 aromatic heterocycles. The van der Waals surface area contributed by atoms with Crippen molar-refractivity contribution in [3.63, 3.8) is 0 Å². The zero-order valence-electron chi connectivity index (χ0n) is 9.82. The predicted molar refractivity (Wildman–Crippen MR) is 60.7 cm³/mol. The summed E-state index contributed by atoms with van der Waals surface area (Å²) in [4.78, 5) is 16.3. The minimum Gasteiger partial charge on any atom is -0.364 e. The van der Waals surface area contributed by atoms with Gasteiger partial charge in [0.2, 0.25) is 0 Å². The van der Waals surface area contributed by atoms with Crippen LogP contribution in [-0.2, 0) is 14.4 Å². The Hall–Kier alpha value is -1.39. The van der Waals surface area contributed by atoms with Gasteiger partial charge in [-0.3, -0.25) is 9.63 Å². The summed E-state index contributed by atoms with van der Waals surface area (Å²) in [6.45, 7) is 4.31. The molecular formula is C12H17NO3. The maximum atomic E-state index is 11.7. The number of benzene rings is 1. The molecule has 1 atom stereocenters. The van der Waals surface area contributed by atoms with E-state index in [1.807, 2.05) is 38.1 Å². The number of nitrogens with one attached hydrogen (secondary N) is 1. The first-order valence-electron chi connectivity index (χ1n) is 5.20. The molecule has 0 aliphatic heterocycles. The SMILES string of the molecule is CCOC(C(=O)NOC)c1ccc(C)cc1. The molecule has 0 aliphatic rings. The molecule has 1 rings (SSSR count). The predicted octanol–water partition coefficient (Wildman–Crippen LogP) is 1.75. The van der Waals surface area contributed by atoms with Crippen molar-refractivity contribution in [2.45, 2.75) is 20.0 Å². The van der Waals surface area contributed by atoms with Gasteiger partial charge in [0.25, 0.3) is 5.91 Å². The monoisotopic (exact) mass is 223 g/mol. The minimum absolute atomic E-state index is 0.298. The largest absolute Gasteiger partial charge is 0.364 e. The number of ether oxygens (including phenoxy) is 1. The van der Waals surface area contributed by atoms with Crippen molar-refractivity contribution in [3.05, 3.63) is 35.4 Å². The van der Waals surface area contributed by atoms with Crippen LogP contribution in [0.15, 0.2) is 24.3 Å². The number of hydroxylamine groups is 1. The van der Waals surface area contributed by atoms with E-state index in [9.17, 15) is 4.79 Å². The number of aryl methyl sites for hydroxylation is 1. The van der Waals surface area contributed by atoms with Gasteiger partial charge >= 0.3 is 0 Å². The second-order valence-corrected chi connectivity index (χ2v) is 3.42. The van der Waals surface area contributed by atoms with E-state index in [0.29, 0.717) is 6.61 Å². The van der Waals surface area contributed by atoms with Crippen LogP contribution in [0, 0.1) is 6.92 Å². The fourth-order valence-corrected chi connectivity index (χ4v) is 1.39. The summed E-state index contributed by atoms with van der Waals surface area (Å²) in [7, 11) is 1.40. The fourth-order valence-electron chi connectivity index (χ4n) is 1.39. The van der Waals surface area contributed by atoms with Crippen LogP contribution in [0.1, 0.15) is 24.2 Å². The van der Waals surface area contributed by atoms with Crippen molar-refractivity contribution in [2.75, 3.05) is 13.7 Å². The molecule has 0 fully saturated rings. The van der Waals surface area contributed by atoms with Crippen molar-refractivity contribution < 1.29 is 14.4 Å². The first kappa shape index (κ1) is 12.7. The Bertz CT molecular complexity index is 335. The van der Waals surface area contributed by atoms with Crippen LogP contribution in [0.5, 0.6) is 0 Å². The molecule has 16 heavy (non-hydrogen) atoms. The van der Waals surface area contributed by atoms with Gasteiger partial charge < -0.3 is 4.74 Å². The first-order valence-corrected chi connectivity index (χ1v) is 5.20. The zero-order chi connectivity index (χ0) is 12.0. The highest BCUT2D eigenvalue weighted by Gasteiger charge is 2.20. The lowest BCUT2D eigenvalue weighted by Crippen LogP contribution is -2.30. The summed E-state index contributed by atoms with van der Waals surface area (Å²) in [5.41, 5.74) is 4.25. The van der Waals surface area contributed by atoms with Gasteiger partial charge in [-0.05, 0) is 19.4 Å².